The van der Waals surface area contributed by atoms with Crippen molar-refractivity contribution in [1.29, 1.82) is 0 Å². The maximum absolute atomic E-state index is 13.9. The van der Waals surface area contributed by atoms with E-state index in [9.17, 15) is 21.2 Å². The van der Waals surface area contributed by atoms with Crippen LogP contribution in [0.25, 0.3) is 0 Å². The van der Waals surface area contributed by atoms with Crippen molar-refractivity contribution in [2.75, 3.05) is 13.7 Å². The molecule has 40 heavy (non-hydrogen) atoms. The second-order valence-corrected chi connectivity index (χ2v) is 13.0. The molecular weight excluding hydrogens is 551 g/mol. The van der Waals surface area contributed by atoms with E-state index < -0.39 is 25.9 Å². The van der Waals surface area contributed by atoms with Crippen LogP contribution in [0.5, 0.6) is 5.75 Å². The highest BCUT2D eigenvalue weighted by atomic mass is 32.2. The number of methoxy groups -OCH3 is 1. The molecule has 0 aromatic heterocycles. The van der Waals surface area contributed by atoms with Crippen molar-refractivity contribution < 1.29 is 26.0 Å². The molecule has 0 spiro atoms. The van der Waals surface area contributed by atoms with E-state index in [2.05, 4.69) is 0 Å². The van der Waals surface area contributed by atoms with E-state index in [4.69, 9.17) is 4.74 Å². The normalized spacial score (nSPS) is 12.1. The smallest absolute Gasteiger partial charge is 0.243 e. The molecule has 0 atom stereocenters. The summed E-state index contributed by atoms with van der Waals surface area (Å²) in [5.74, 6) is 0.106. The predicted molar refractivity (Wildman–Crippen MR) is 152 cm³/mol. The highest BCUT2D eigenvalue weighted by molar-refractivity contribution is 7.89. The molecular formula is C30H31FN2O5S2. The Bertz CT molecular complexity index is 1630. The first-order valence-corrected chi connectivity index (χ1v) is 15.5. The molecule has 0 saturated carbocycles. The fraction of sp³-hybridized carbons (Fsp3) is 0.200. The molecule has 0 aliphatic heterocycles. The average Bonchev–Trinajstić information content (AvgIpc) is 2.97. The van der Waals surface area contributed by atoms with Gasteiger partial charge in [-0.05, 0) is 53.6 Å². The first-order valence-electron chi connectivity index (χ1n) is 12.7. The summed E-state index contributed by atoms with van der Waals surface area (Å²) in [6, 6.07) is 27.2. The second-order valence-electron chi connectivity index (χ2n) is 9.10. The number of benzene rings is 4. The lowest BCUT2D eigenvalue weighted by Gasteiger charge is -2.24. The monoisotopic (exact) mass is 582 g/mol. The lowest BCUT2D eigenvalue weighted by molar-refractivity contribution is 0.375. The van der Waals surface area contributed by atoms with Crippen molar-refractivity contribution in [2.45, 2.75) is 36.3 Å². The third-order valence-corrected chi connectivity index (χ3v) is 10.2. The Morgan fingerprint density at radius 1 is 0.625 bits per heavy atom. The van der Waals surface area contributed by atoms with Crippen LogP contribution < -0.4 is 4.74 Å². The summed E-state index contributed by atoms with van der Waals surface area (Å²) < 4.78 is 76.0. The molecule has 0 heterocycles. The first kappa shape index (κ1) is 29.4. The highest BCUT2D eigenvalue weighted by Gasteiger charge is 2.28. The van der Waals surface area contributed by atoms with Crippen LogP contribution in [0.2, 0.25) is 0 Å². The molecule has 0 unspecified atom stereocenters. The van der Waals surface area contributed by atoms with E-state index in [0.717, 1.165) is 5.56 Å². The number of para-hydroxylation sites is 1. The van der Waals surface area contributed by atoms with Gasteiger partial charge in [-0.3, -0.25) is 0 Å². The lowest BCUT2D eigenvalue weighted by atomic mass is 10.2. The molecule has 4 rings (SSSR count). The Morgan fingerprint density at radius 3 is 1.70 bits per heavy atom. The van der Waals surface area contributed by atoms with Crippen molar-refractivity contribution >= 4 is 20.0 Å². The fourth-order valence-electron chi connectivity index (χ4n) is 4.28. The molecule has 7 nitrogen and oxygen atoms in total. The van der Waals surface area contributed by atoms with Crippen molar-refractivity contribution in [3.63, 3.8) is 0 Å². The maximum atomic E-state index is 13.9. The Balaban J connectivity index is 1.65. The zero-order chi connectivity index (χ0) is 28.8. The molecule has 4 aromatic rings. The van der Waals surface area contributed by atoms with Gasteiger partial charge in [-0.15, -0.1) is 0 Å². The minimum atomic E-state index is -4.09. The van der Waals surface area contributed by atoms with Crippen LogP contribution >= 0.6 is 0 Å². The summed E-state index contributed by atoms with van der Waals surface area (Å²) in [6.07, 6.45) is 0. The minimum absolute atomic E-state index is 0.000885. The number of ether oxygens (including phenoxy) is 1. The van der Waals surface area contributed by atoms with Gasteiger partial charge in [0.1, 0.15) is 11.6 Å². The fourth-order valence-corrected chi connectivity index (χ4v) is 7.12. The Kier molecular flexibility index (Phi) is 9.36. The quantitative estimate of drug-likeness (QED) is 0.222. The molecule has 0 radical (unpaired) electrons. The van der Waals surface area contributed by atoms with E-state index >= 15 is 0 Å². The van der Waals surface area contributed by atoms with Crippen LogP contribution in [0, 0.1) is 5.82 Å². The molecule has 10 heteroatoms. The molecule has 0 N–H and O–H groups in total. The summed E-state index contributed by atoms with van der Waals surface area (Å²) in [5, 5.41) is 0. The standard InChI is InChI=1S/C30H31FN2O5S2/c1-3-32(21-24-9-5-4-6-10-24)39(34,35)28-17-19-29(20-18-28)40(36,37)33(22-25-13-15-27(31)16-14-25)23-26-11-7-8-12-30(26)38-2/h4-20H,3,21-23H2,1-2H3. The number of rotatable bonds is 12. The van der Waals surface area contributed by atoms with Gasteiger partial charge in [0.25, 0.3) is 0 Å². The predicted octanol–water partition coefficient (Wildman–Crippen LogP) is 5.44. The summed E-state index contributed by atoms with van der Waals surface area (Å²) in [5.41, 5.74) is 2.09. The van der Waals surface area contributed by atoms with Crippen LogP contribution in [0.3, 0.4) is 0 Å². The second kappa shape index (κ2) is 12.7. The molecule has 210 valence electrons. The first-order chi connectivity index (χ1) is 19.1. The SMILES string of the molecule is CCN(Cc1ccccc1)S(=O)(=O)c1ccc(S(=O)(=O)N(Cc2ccc(F)cc2)Cc2ccccc2OC)cc1. The highest BCUT2D eigenvalue weighted by Crippen LogP contribution is 2.27. The van der Waals surface area contributed by atoms with Gasteiger partial charge in [-0.2, -0.15) is 8.61 Å². The van der Waals surface area contributed by atoms with Gasteiger partial charge in [-0.25, -0.2) is 21.2 Å². The van der Waals surface area contributed by atoms with Gasteiger partial charge >= 0.3 is 0 Å². The van der Waals surface area contributed by atoms with Crippen LogP contribution in [0.4, 0.5) is 4.39 Å². The number of nitrogens with zero attached hydrogens (tertiary/aromatic N) is 2. The molecule has 0 fully saturated rings. The number of halogens is 1. The Hall–Kier alpha value is -3.57. The average molecular weight is 583 g/mol. The van der Waals surface area contributed by atoms with E-state index in [1.54, 1.807) is 31.2 Å². The number of hydrogen-bond acceptors (Lipinski definition) is 5. The van der Waals surface area contributed by atoms with Crippen molar-refractivity contribution in [3.05, 3.63) is 126 Å². The summed E-state index contributed by atoms with van der Waals surface area (Å²) in [4.78, 5) is -0.0615. The molecule has 4 aromatic carbocycles. The van der Waals surface area contributed by atoms with Crippen molar-refractivity contribution in [1.82, 2.24) is 8.61 Å². The number of hydrogen-bond donors (Lipinski definition) is 0. The molecule has 0 amide bonds. The van der Waals surface area contributed by atoms with Crippen LogP contribution in [-0.4, -0.2) is 39.1 Å². The van der Waals surface area contributed by atoms with E-state index in [0.29, 0.717) is 16.9 Å². The Morgan fingerprint density at radius 2 is 1.12 bits per heavy atom. The summed E-state index contributed by atoms with van der Waals surface area (Å²) in [6.45, 7) is 2.17. The third kappa shape index (κ3) is 6.76. The van der Waals surface area contributed by atoms with Gasteiger partial charge < -0.3 is 4.74 Å². The largest absolute Gasteiger partial charge is 0.496 e. The van der Waals surface area contributed by atoms with E-state index in [1.807, 2.05) is 30.3 Å². The van der Waals surface area contributed by atoms with Crippen molar-refractivity contribution in [2.24, 2.45) is 0 Å². The minimum Gasteiger partial charge on any atom is -0.496 e. The maximum Gasteiger partial charge on any atom is 0.243 e. The van der Waals surface area contributed by atoms with Gasteiger partial charge in [0, 0.05) is 31.7 Å². The van der Waals surface area contributed by atoms with E-state index in [1.165, 1.54) is 64.3 Å². The van der Waals surface area contributed by atoms with E-state index in [-0.39, 0.29) is 36.0 Å². The van der Waals surface area contributed by atoms with Gasteiger partial charge in [0.05, 0.1) is 16.9 Å². The lowest BCUT2D eigenvalue weighted by Crippen LogP contribution is -2.31. The molecule has 0 saturated heterocycles. The van der Waals surface area contributed by atoms with Crippen LogP contribution in [0.1, 0.15) is 23.6 Å². The summed E-state index contributed by atoms with van der Waals surface area (Å²) >= 11 is 0. The zero-order valence-electron chi connectivity index (χ0n) is 22.3. The number of sulfonamides is 2. The third-order valence-electron chi connectivity index (χ3n) is 6.47. The topological polar surface area (TPSA) is 84.0 Å². The van der Waals surface area contributed by atoms with Crippen LogP contribution in [-0.2, 0) is 39.7 Å². The van der Waals surface area contributed by atoms with Gasteiger partial charge in [-0.1, -0.05) is 67.6 Å². The molecule has 0 aliphatic carbocycles. The van der Waals surface area contributed by atoms with Crippen molar-refractivity contribution in [3.8, 4) is 5.75 Å². The van der Waals surface area contributed by atoms with Gasteiger partial charge in [0.2, 0.25) is 20.0 Å². The summed E-state index contributed by atoms with van der Waals surface area (Å²) in [7, 11) is -6.45. The van der Waals surface area contributed by atoms with Gasteiger partial charge in [0.15, 0.2) is 0 Å². The van der Waals surface area contributed by atoms with Crippen LogP contribution in [0.15, 0.2) is 113 Å². The molecule has 0 aliphatic rings. The zero-order valence-corrected chi connectivity index (χ0v) is 23.9. The molecule has 0 bridgehead atoms. The Labute approximate surface area is 235 Å².